The van der Waals surface area contributed by atoms with Crippen LogP contribution in [0, 0.1) is 11.3 Å². The quantitative estimate of drug-likeness (QED) is 0.648. The zero-order chi connectivity index (χ0) is 22.1. The highest BCUT2D eigenvalue weighted by atomic mass is 19.4. The smallest absolute Gasteiger partial charge is 0.309 e. The number of rotatable bonds is 6. The number of benzene rings is 1. The number of pyridine rings is 1. The Morgan fingerprint density at radius 1 is 1.16 bits per heavy atom. The van der Waals surface area contributed by atoms with E-state index in [-0.39, 0.29) is 30.7 Å². The highest BCUT2D eigenvalue weighted by Gasteiger charge is 2.64. The first-order valence-corrected chi connectivity index (χ1v) is 9.64. The minimum Gasteiger partial charge on any atom is -0.309 e. The highest BCUT2D eigenvalue weighted by molar-refractivity contribution is 5.91. The number of carbonyl (C=O) groups is 1. The van der Waals surface area contributed by atoms with Crippen molar-refractivity contribution in [2.45, 2.75) is 37.4 Å². The number of nitrogens with zero attached hydrogens (tertiary/aromatic N) is 4. The number of nitrogens with one attached hydrogen (secondary N) is 1. The largest absolute Gasteiger partial charge is 0.398 e. The fraction of sp³-hybridized carbons (Fsp3) is 0.273. The first-order valence-electron chi connectivity index (χ1n) is 9.64. The van der Waals surface area contributed by atoms with Gasteiger partial charge in [-0.05, 0) is 36.1 Å². The number of hydrogen-bond donors (Lipinski definition) is 1. The topological polar surface area (TPSA) is 83.6 Å². The van der Waals surface area contributed by atoms with Crippen molar-refractivity contribution in [2.75, 3.05) is 5.32 Å². The Hall–Kier alpha value is -3.67. The lowest BCUT2D eigenvalue weighted by atomic mass is 9.94. The van der Waals surface area contributed by atoms with Gasteiger partial charge in [-0.25, -0.2) is 0 Å². The summed E-state index contributed by atoms with van der Waals surface area (Å²) in [5.41, 5.74) is 0.340. The Morgan fingerprint density at radius 2 is 1.90 bits per heavy atom. The molecule has 2 heterocycles. The maximum absolute atomic E-state index is 13.2. The molecule has 0 aliphatic heterocycles. The van der Waals surface area contributed by atoms with E-state index >= 15 is 0 Å². The molecule has 0 saturated heterocycles. The summed E-state index contributed by atoms with van der Waals surface area (Å²) >= 11 is 0. The van der Waals surface area contributed by atoms with Gasteiger partial charge in [0.15, 0.2) is 5.82 Å². The van der Waals surface area contributed by atoms with Gasteiger partial charge in [0.2, 0.25) is 5.91 Å². The Bertz CT molecular complexity index is 1120. The molecule has 1 N–H and O–H groups in total. The van der Waals surface area contributed by atoms with E-state index < -0.39 is 11.6 Å². The average molecular weight is 425 g/mol. The zero-order valence-corrected chi connectivity index (χ0v) is 16.4. The molecule has 1 saturated carbocycles. The van der Waals surface area contributed by atoms with E-state index in [1.165, 1.54) is 18.3 Å². The summed E-state index contributed by atoms with van der Waals surface area (Å²) < 4.78 is 41.3. The Balaban J connectivity index is 1.33. The zero-order valence-electron chi connectivity index (χ0n) is 16.4. The average Bonchev–Trinajstić information content (AvgIpc) is 3.46. The molecule has 1 fully saturated rings. The molecule has 0 radical (unpaired) electrons. The molecule has 0 bridgehead atoms. The molecule has 3 aromatic rings. The third-order valence-corrected chi connectivity index (χ3v) is 5.35. The standard InChI is InChI=1S/C22H18F3N5O/c23-22(24,25)21(8-9-21)17-4-1-15(2-5-17)11-20(31)28-19-7-10-30(29-19)14-18-6-3-16(12-26)13-27-18/h1-7,10,13H,8-9,11,14H2,(H,28,29,31). The van der Waals surface area contributed by atoms with Crippen LogP contribution in [0.15, 0.2) is 54.9 Å². The molecular weight excluding hydrogens is 407 g/mol. The maximum atomic E-state index is 13.2. The second kappa shape index (κ2) is 7.87. The number of halogens is 3. The molecule has 0 unspecified atom stereocenters. The van der Waals surface area contributed by atoms with E-state index in [1.54, 1.807) is 41.2 Å². The van der Waals surface area contributed by atoms with Gasteiger partial charge in [0, 0.05) is 18.5 Å². The third kappa shape index (κ3) is 4.43. The summed E-state index contributed by atoms with van der Waals surface area (Å²) in [6, 6.07) is 13.1. The molecule has 1 amide bonds. The molecule has 31 heavy (non-hydrogen) atoms. The molecule has 9 heteroatoms. The van der Waals surface area contributed by atoms with Gasteiger partial charge < -0.3 is 5.32 Å². The first kappa shape index (κ1) is 20.6. The lowest BCUT2D eigenvalue weighted by Gasteiger charge is -2.19. The van der Waals surface area contributed by atoms with Gasteiger partial charge >= 0.3 is 6.18 Å². The lowest BCUT2D eigenvalue weighted by Crippen LogP contribution is -2.28. The number of hydrogen-bond acceptors (Lipinski definition) is 4. The summed E-state index contributed by atoms with van der Waals surface area (Å²) in [5.74, 6) is 0.0516. The molecule has 1 aliphatic carbocycles. The van der Waals surface area contributed by atoms with Crippen molar-refractivity contribution in [1.82, 2.24) is 14.8 Å². The van der Waals surface area contributed by atoms with Crippen LogP contribution < -0.4 is 5.32 Å². The molecule has 1 aliphatic rings. The number of aromatic nitrogens is 3. The van der Waals surface area contributed by atoms with Crippen molar-refractivity contribution in [1.29, 1.82) is 5.26 Å². The molecule has 1 aromatic carbocycles. The van der Waals surface area contributed by atoms with Crippen LogP contribution in [0.2, 0.25) is 0 Å². The minimum atomic E-state index is -4.25. The minimum absolute atomic E-state index is 0.0311. The SMILES string of the molecule is N#Cc1ccc(Cn2ccc(NC(=O)Cc3ccc(C4(C(F)(F)F)CC4)cc3)n2)nc1. The van der Waals surface area contributed by atoms with Crippen LogP contribution in [0.5, 0.6) is 0 Å². The van der Waals surface area contributed by atoms with E-state index in [0.29, 0.717) is 29.2 Å². The van der Waals surface area contributed by atoms with Crippen molar-refractivity contribution < 1.29 is 18.0 Å². The van der Waals surface area contributed by atoms with Crippen molar-refractivity contribution in [3.63, 3.8) is 0 Å². The normalized spacial score (nSPS) is 14.6. The Morgan fingerprint density at radius 3 is 2.48 bits per heavy atom. The molecule has 6 nitrogen and oxygen atoms in total. The van der Waals surface area contributed by atoms with Crippen LogP contribution in [0.4, 0.5) is 19.0 Å². The number of carbonyl (C=O) groups excluding carboxylic acids is 1. The molecule has 2 aromatic heterocycles. The predicted molar refractivity (Wildman–Crippen MR) is 106 cm³/mol. The predicted octanol–water partition coefficient (Wildman–Crippen LogP) is 3.97. The van der Waals surface area contributed by atoms with E-state index in [9.17, 15) is 18.0 Å². The van der Waals surface area contributed by atoms with E-state index in [4.69, 9.17) is 5.26 Å². The number of alkyl halides is 3. The second-order valence-corrected chi connectivity index (χ2v) is 7.55. The molecule has 4 rings (SSSR count). The lowest BCUT2D eigenvalue weighted by molar-refractivity contribution is -0.160. The summed E-state index contributed by atoms with van der Waals surface area (Å²) in [5, 5.41) is 15.8. The molecule has 158 valence electrons. The van der Waals surface area contributed by atoms with E-state index in [2.05, 4.69) is 15.4 Å². The van der Waals surface area contributed by atoms with Gasteiger partial charge in [-0.3, -0.25) is 14.5 Å². The fourth-order valence-electron chi connectivity index (χ4n) is 3.44. The van der Waals surface area contributed by atoms with Crippen molar-refractivity contribution >= 4 is 11.7 Å². The maximum Gasteiger partial charge on any atom is 0.398 e. The van der Waals surface area contributed by atoms with Crippen LogP contribution in [0.25, 0.3) is 0 Å². The van der Waals surface area contributed by atoms with Crippen LogP contribution >= 0.6 is 0 Å². The van der Waals surface area contributed by atoms with Crippen molar-refractivity contribution in [2.24, 2.45) is 0 Å². The summed E-state index contributed by atoms with van der Waals surface area (Å²) in [7, 11) is 0. The Kier molecular flexibility index (Phi) is 5.23. The van der Waals surface area contributed by atoms with Gasteiger partial charge in [0.1, 0.15) is 6.07 Å². The van der Waals surface area contributed by atoms with Gasteiger partial charge in [0.25, 0.3) is 0 Å². The molecule has 0 spiro atoms. The third-order valence-electron chi connectivity index (χ3n) is 5.35. The monoisotopic (exact) mass is 425 g/mol. The highest BCUT2D eigenvalue weighted by Crippen LogP contribution is 2.58. The number of amides is 1. The van der Waals surface area contributed by atoms with Crippen LogP contribution in [-0.4, -0.2) is 26.8 Å². The Labute approximate surface area is 176 Å². The van der Waals surface area contributed by atoms with Crippen LogP contribution in [0.3, 0.4) is 0 Å². The molecular formula is C22H18F3N5O. The van der Waals surface area contributed by atoms with Gasteiger partial charge in [-0.15, -0.1) is 0 Å². The number of nitriles is 1. The van der Waals surface area contributed by atoms with Crippen LogP contribution in [0.1, 0.15) is 35.2 Å². The fourth-order valence-corrected chi connectivity index (χ4v) is 3.44. The van der Waals surface area contributed by atoms with Gasteiger partial charge in [-0.1, -0.05) is 24.3 Å². The van der Waals surface area contributed by atoms with Gasteiger partial charge in [-0.2, -0.15) is 23.5 Å². The van der Waals surface area contributed by atoms with E-state index in [0.717, 1.165) is 0 Å². The summed E-state index contributed by atoms with van der Waals surface area (Å²) in [6.07, 6.45) is -0.835. The second-order valence-electron chi connectivity index (χ2n) is 7.55. The first-order chi connectivity index (χ1) is 14.8. The summed E-state index contributed by atoms with van der Waals surface area (Å²) in [6.45, 7) is 0.379. The summed E-state index contributed by atoms with van der Waals surface area (Å²) in [4.78, 5) is 16.5. The van der Waals surface area contributed by atoms with E-state index in [1.807, 2.05) is 6.07 Å². The van der Waals surface area contributed by atoms with Crippen LogP contribution in [-0.2, 0) is 23.2 Å². The van der Waals surface area contributed by atoms with Crippen molar-refractivity contribution in [3.05, 3.63) is 77.2 Å². The number of anilines is 1. The molecule has 0 atom stereocenters. The van der Waals surface area contributed by atoms with Crippen molar-refractivity contribution in [3.8, 4) is 6.07 Å². The van der Waals surface area contributed by atoms with Gasteiger partial charge in [0.05, 0.1) is 29.6 Å².